The highest BCUT2D eigenvalue weighted by Gasteiger charge is 2.37. The van der Waals surface area contributed by atoms with Gasteiger partial charge in [0.25, 0.3) is 0 Å². The van der Waals surface area contributed by atoms with Crippen molar-refractivity contribution < 1.29 is 22.4 Å². The monoisotopic (exact) mass is 506 g/mol. The predicted molar refractivity (Wildman–Crippen MR) is 131 cm³/mol. The number of amides is 2. The molecule has 1 N–H and O–H groups in total. The number of aromatic nitrogens is 3. The molecule has 0 saturated carbocycles. The minimum atomic E-state index is -4.47. The number of anilines is 3. The Morgan fingerprint density at radius 2 is 1.81 bits per heavy atom. The molecule has 3 aromatic heterocycles. The summed E-state index contributed by atoms with van der Waals surface area (Å²) >= 11 is 0. The van der Waals surface area contributed by atoms with E-state index in [2.05, 4.69) is 20.2 Å². The summed E-state index contributed by atoms with van der Waals surface area (Å²) in [6, 6.07) is 13.2. The lowest BCUT2D eigenvalue weighted by Gasteiger charge is -2.31. The number of alkyl halides is 3. The van der Waals surface area contributed by atoms with E-state index in [0.29, 0.717) is 34.3 Å². The number of benzene rings is 1. The van der Waals surface area contributed by atoms with Crippen molar-refractivity contribution in [3.8, 4) is 22.7 Å². The van der Waals surface area contributed by atoms with Crippen LogP contribution >= 0.6 is 0 Å². The van der Waals surface area contributed by atoms with Gasteiger partial charge < -0.3 is 9.32 Å². The Balaban J connectivity index is 1.36. The van der Waals surface area contributed by atoms with Crippen LogP contribution in [0, 0.1) is 0 Å². The lowest BCUT2D eigenvalue weighted by atomic mass is 10.1. The van der Waals surface area contributed by atoms with Gasteiger partial charge >= 0.3 is 12.2 Å². The molecule has 0 radical (unpaired) electrons. The van der Waals surface area contributed by atoms with Gasteiger partial charge in [0.05, 0.1) is 23.1 Å². The highest BCUT2D eigenvalue weighted by atomic mass is 19.4. The zero-order valence-corrected chi connectivity index (χ0v) is 19.4. The van der Waals surface area contributed by atoms with Crippen molar-refractivity contribution in [3.05, 3.63) is 72.8 Å². The van der Waals surface area contributed by atoms with E-state index in [1.165, 1.54) is 18.7 Å². The fourth-order valence-corrected chi connectivity index (χ4v) is 4.83. The van der Waals surface area contributed by atoms with Crippen LogP contribution in [-0.4, -0.2) is 40.1 Å². The van der Waals surface area contributed by atoms with E-state index in [1.54, 1.807) is 35.2 Å². The average Bonchev–Trinajstić information content (AvgIpc) is 3.34. The summed E-state index contributed by atoms with van der Waals surface area (Å²) in [7, 11) is 0. The largest absolute Gasteiger partial charge is 0.442 e. The molecule has 0 spiro atoms. The molecule has 1 fully saturated rings. The number of oxazole rings is 1. The van der Waals surface area contributed by atoms with Gasteiger partial charge in [-0.3, -0.25) is 10.2 Å². The molecular weight excluding hydrogens is 485 g/mol. The van der Waals surface area contributed by atoms with Crippen LogP contribution in [0.4, 0.5) is 35.3 Å². The van der Waals surface area contributed by atoms with E-state index in [0.717, 1.165) is 43.8 Å². The molecule has 3 aliphatic rings. The number of piperidine rings is 1. The van der Waals surface area contributed by atoms with Crippen LogP contribution in [-0.2, 0) is 6.18 Å². The van der Waals surface area contributed by atoms with Crippen molar-refractivity contribution in [1.29, 1.82) is 0 Å². The Morgan fingerprint density at radius 1 is 1.00 bits per heavy atom. The molecule has 4 aromatic rings. The standard InChI is InChI=1S/C26H21F3N6O2/c27-26(28,29)17-4-1-3-16(13-17)19-7-8-21-24(32-19)35(18-9-11-34(21)12-10-18)25(36)33-23-6-2-5-20(31-23)22-14-30-15-37-22/h1-8,13-15,18H,9-12H2,(H,31,33,36). The molecule has 188 valence electrons. The molecule has 1 saturated heterocycles. The van der Waals surface area contributed by atoms with E-state index < -0.39 is 17.8 Å². The van der Waals surface area contributed by atoms with Crippen molar-refractivity contribution in [3.63, 3.8) is 0 Å². The molecule has 11 heteroatoms. The average molecular weight is 506 g/mol. The Bertz CT molecular complexity index is 1450. The minimum absolute atomic E-state index is 0.112. The molecule has 0 aliphatic carbocycles. The van der Waals surface area contributed by atoms with Gasteiger partial charge in [0.2, 0.25) is 0 Å². The van der Waals surface area contributed by atoms with Gasteiger partial charge in [-0.15, -0.1) is 0 Å². The van der Waals surface area contributed by atoms with Crippen LogP contribution in [0.5, 0.6) is 0 Å². The predicted octanol–water partition coefficient (Wildman–Crippen LogP) is 5.84. The second-order valence-corrected chi connectivity index (χ2v) is 8.91. The Kier molecular flexibility index (Phi) is 5.54. The van der Waals surface area contributed by atoms with Gasteiger partial charge in [-0.2, -0.15) is 13.2 Å². The van der Waals surface area contributed by atoms with E-state index in [-0.39, 0.29) is 6.04 Å². The maximum absolute atomic E-state index is 13.6. The van der Waals surface area contributed by atoms with Crippen molar-refractivity contribution in [1.82, 2.24) is 15.0 Å². The van der Waals surface area contributed by atoms with Crippen LogP contribution in [0.3, 0.4) is 0 Å². The Hall–Kier alpha value is -4.41. The molecule has 0 atom stereocenters. The number of urea groups is 1. The summed E-state index contributed by atoms with van der Waals surface area (Å²) in [4.78, 5) is 30.5. The van der Waals surface area contributed by atoms with Crippen LogP contribution < -0.4 is 15.1 Å². The summed E-state index contributed by atoms with van der Waals surface area (Å²) in [5.41, 5.74) is 1.22. The summed E-state index contributed by atoms with van der Waals surface area (Å²) in [5.74, 6) is 1.21. The zero-order chi connectivity index (χ0) is 25.6. The zero-order valence-electron chi connectivity index (χ0n) is 19.4. The first-order valence-corrected chi connectivity index (χ1v) is 11.8. The topological polar surface area (TPSA) is 87.4 Å². The number of hydrogen-bond donors (Lipinski definition) is 1. The maximum Gasteiger partial charge on any atom is 0.416 e. The highest BCUT2D eigenvalue weighted by Crippen LogP contribution is 2.40. The van der Waals surface area contributed by atoms with E-state index in [4.69, 9.17) is 9.40 Å². The quantitative estimate of drug-likeness (QED) is 0.376. The lowest BCUT2D eigenvalue weighted by molar-refractivity contribution is -0.137. The van der Waals surface area contributed by atoms with E-state index in [1.807, 2.05) is 6.07 Å². The molecule has 7 rings (SSSR count). The number of nitrogens with zero attached hydrogens (tertiary/aromatic N) is 5. The summed E-state index contributed by atoms with van der Waals surface area (Å²) in [6.07, 6.45) is -0.144. The maximum atomic E-state index is 13.6. The van der Waals surface area contributed by atoms with Gasteiger partial charge in [0.1, 0.15) is 11.5 Å². The number of halogens is 3. The molecule has 37 heavy (non-hydrogen) atoms. The van der Waals surface area contributed by atoms with Gasteiger partial charge in [-0.25, -0.2) is 19.7 Å². The molecular formula is C26H21F3N6O2. The first kappa shape index (κ1) is 23.0. The molecule has 8 nitrogen and oxygen atoms in total. The minimum Gasteiger partial charge on any atom is -0.442 e. The fraction of sp³-hybridized carbons (Fsp3) is 0.231. The summed E-state index contributed by atoms with van der Waals surface area (Å²) in [6.45, 7) is 1.51. The smallest absolute Gasteiger partial charge is 0.416 e. The first-order chi connectivity index (χ1) is 17.9. The second kappa shape index (κ2) is 8.91. The van der Waals surface area contributed by atoms with Gasteiger partial charge in [-0.1, -0.05) is 18.2 Å². The fourth-order valence-electron chi connectivity index (χ4n) is 4.83. The SMILES string of the molecule is O=C(Nc1cccc(-c2cnco2)n1)N1c2nc(-c3cccc(C(F)(F)F)c3)ccc2N2CCC1CC2. The van der Waals surface area contributed by atoms with Gasteiger partial charge in [-0.05, 0) is 49.2 Å². The molecule has 6 heterocycles. The van der Waals surface area contributed by atoms with Crippen LogP contribution in [0.15, 0.2) is 71.6 Å². The van der Waals surface area contributed by atoms with Gasteiger partial charge in [0, 0.05) is 24.7 Å². The van der Waals surface area contributed by atoms with Gasteiger partial charge in [0.15, 0.2) is 18.0 Å². The number of pyridine rings is 2. The number of carbonyl (C=O) groups is 1. The number of nitrogens with one attached hydrogen (secondary N) is 1. The number of rotatable bonds is 3. The molecule has 2 bridgehead atoms. The Morgan fingerprint density at radius 3 is 2.57 bits per heavy atom. The first-order valence-electron chi connectivity index (χ1n) is 11.8. The number of carbonyl (C=O) groups excluding carboxylic acids is 1. The third kappa shape index (κ3) is 4.37. The second-order valence-electron chi connectivity index (χ2n) is 8.91. The molecule has 0 unspecified atom stereocenters. The van der Waals surface area contributed by atoms with Crippen LogP contribution in [0.25, 0.3) is 22.7 Å². The third-order valence-electron chi connectivity index (χ3n) is 6.63. The summed E-state index contributed by atoms with van der Waals surface area (Å²) < 4.78 is 45.2. The van der Waals surface area contributed by atoms with Crippen molar-refractivity contribution >= 4 is 23.4 Å². The summed E-state index contributed by atoms with van der Waals surface area (Å²) in [5, 5.41) is 2.86. The normalized spacial score (nSPS) is 15.4. The van der Waals surface area contributed by atoms with Crippen LogP contribution in [0.1, 0.15) is 18.4 Å². The molecule has 1 aromatic carbocycles. The lowest BCUT2D eigenvalue weighted by Crippen LogP contribution is -2.46. The van der Waals surface area contributed by atoms with Crippen molar-refractivity contribution in [2.24, 2.45) is 0 Å². The van der Waals surface area contributed by atoms with Crippen molar-refractivity contribution in [2.45, 2.75) is 25.1 Å². The highest BCUT2D eigenvalue weighted by molar-refractivity contribution is 6.03. The van der Waals surface area contributed by atoms with Crippen LogP contribution in [0.2, 0.25) is 0 Å². The van der Waals surface area contributed by atoms with E-state index >= 15 is 0 Å². The third-order valence-corrected chi connectivity index (χ3v) is 6.63. The van der Waals surface area contributed by atoms with E-state index in [9.17, 15) is 18.0 Å². The molecule has 2 amide bonds. The molecule has 3 aliphatic heterocycles. The van der Waals surface area contributed by atoms with Crippen molar-refractivity contribution in [2.75, 3.05) is 28.2 Å². The number of fused-ring (bicyclic) bond motifs is 2. The Labute approximate surface area is 209 Å². The number of hydrogen-bond acceptors (Lipinski definition) is 6.